The fourth-order valence-corrected chi connectivity index (χ4v) is 3.37. The highest BCUT2D eigenvalue weighted by molar-refractivity contribution is 9.10. The Hall–Kier alpha value is -3.92. The maximum atomic E-state index is 11.1. The Labute approximate surface area is 184 Å². The number of nitrogens with zero attached hydrogens (tertiary/aromatic N) is 4. The fraction of sp³-hybridized carbons (Fsp3) is 0.0476. The molecule has 0 aliphatic carbocycles. The summed E-state index contributed by atoms with van der Waals surface area (Å²) in [6.07, 6.45) is 3.12. The third kappa shape index (κ3) is 3.92. The Balaban J connectivity index is 1.90. The summed E-state index contributed by atoms with van der Waals surface area (Å²) in [7, 11) is 1.45. The number of nitro groups is 1. The van der Waals surface area contributed by atoms with Crippen LogP contribution in [0.1, 0.15) is 5.56 Å². The molecular weight excluding hydrogens is 468 g/mol. The number of aromatic nitrogens is 2. The number of benzene rings is 2. The lowest BCUT2D eigenvalue weighted by Gasteiger charge is -2.06. The van der Waals surface area contributed by atoms with Crippen LogP contribution < -0.4 is 4.74 Å². The molecule has 0 unspecified atom stereocenters. The van der Waals surface area contributed by atoms with Crippen molar-refractivity contribution in [3.63, 3.8) is 0 Å². The molecule has 4 rings (SSSR count). The van der Waals surface area contributed by atoms with E-state index in [0.29, 0.717) is 22.7 Å². The molecule has 0 atom stereocenters. The Morgan fingerprint density at radius 2 is 1.94 bits per heavy atom. The van der Waals surface area contributed by atoms with Gasteiger partial charge in [-0.3, -0.25) is 14.5 Å². The first-order valence-corrected chi connectivity index (χ1v) is 9.73. The Bertz CT molecular complexity index is 1350. The number of hydrogen-bond acceptors (Lipinski definition) is 7. The minimum Gasteiger partial charge on any atom is -0.507 e. The predicted molar refractivity (Wildman–Crippen MR) is 119 cm³/mol. The highest BCUT2D eigenvalue weighted by Gasteiger charge is 2.16. The van der Waals surface area contributed by atoms with Gasteiger partial charge in [0.1, 0.15) is 17.1 Å². The normalized spacial score (nSPS) is 11.3. The van der Waals surface area contributed by atoms with Crippen LogP contribution >= 0.6 is 15.9 Å². The van der Waals surface area contributed by atoms with E-state index in [0.717, 1.165) is 4.47 Å². The van der Waals surface area contributed by atoms with E-state index in [1.165, 1.54) is 37.6 Å². The third-order valence-corrected chi connectivity index (χ3v) is 5.03. The molecule has 2 N–H and O–H groups in total. The quantitative estimate of drug-likeness (QED) is 0.238. The van der Waals surface area contributed by atoms with Crippen molar-refractivity contribution in [3.8, 4) is 28.5 Å². The second kappa shape index (κ2) is 8.07. The van der Waals surface area contributed by atoms with Crippen LogP contribution in [0.15, 0.2) is 64.2 Å². The lowest BCUT2D eigenvalue weighted by Crippen LogP contribution is -1.91. The zero-order valence-corrected chi connectivity index (χ0v) is 17.6. The van der Waals surface area contributed by atoms with E-state index in [9.17, 15) is 20.3 Å². The summed E-state index contributed by atoms with van der Waals surface area (Å²) in [5.41, 5.74) is 1.78. The van der Waals surface area contributed by atoms with Gasteiger partial charge in [0.25, 0.3) is 5.69 Å². The second-order valence-electron chi connectivity index (χ2n) is 6.50. The van der Waals surface area contributed by atoms with E-state index in [2.05, 4.69) is 25.9 Å². The first-order valence-electron chi connectivity index (χ1n) is 8.94. The van der Waals surface area contributed by atoms with Crippen molar-refractivity contribution < 1.29 is 19.9 Å². The van der Waals surface area contributed by atoms with E-state index in [1.807, 2.05) is 6.07 Å². The summed E-state index contributed by atoms with van der Waals surface area (Å²) in [6, 6.07) is 12.1. The van der Waals surface area contributed by atoms with E-state index in [-0.39, 0.29) is 28.5 Å². The first-order chi connectivity index (χ1) is 14.9. The molecule has 0 fully saturated rings. The van der Waals surface area contributed by atoms with Gasteiger partial charge < -0.3 is 14.9 Å². The topological polar surface area (TPSA) is 122 Å². The molecule has 0 bridgehead atoms. The van der Waals surface area contributed by atoms with Gasteiger partial charge in [0, 0.05) is 40.1 Å². The molecule has 0 aliphatic rings. The Morgan fingerprint density at radius 1 is 1.16 bits per heavy atom. The number of fused-ring (bicyclic) bond motifs is 1. The molecule has 4 aromatic rings. The Kier molecular flexibility index (Phi) is 5.30. The van der Waals surface area contributed by atoms with E-state index < -0.39 is 4.92 Å². The lowest BCUT2D eigenvalue weighted by molar-refractivity contribution is -0.384. The van der Waals surface area contributed by atoms with Crippen LogP contribution in [0.3, 0.4) is 0 Å². The minimum atomic E-state index is -0.545. The molecule has 2 aromatic heterocycles. The van der Waals surface area contributed by atoms with E-state index in [4.69, 9.17) is 4.74 Å². The molecule has 9 nitrogen and oxygen atoms in total. The van der Waals surface area contributed by atoms with Crippen LogP contribution in [0.5, 0.6) is 17.2 Å². The molecule has 0 spiro atoms. The van der Waals surface area contributed by atoms with Crippen molar-refractivity contribution in [1.82, 2.24) is 9.38 Å². The lowest BCUT2D eigenvalue weighted by atomic mass is 10.1. The van der Waals surface area contributed by atoms with Crippen molar-refractivity contribution >= 4 is 39.3 Å². The molecule has 0 saturated heterocycles. The number of ether oxygens (including phenoxy) is 1. The van der Waals surface area contributed by atoms with Gasteiger partial charge in [-0.1, -0.05) is 0 Å². The molecule has 156 valence electrons. The van der Waals surface area contributed by atoms with E-state index in [1.54, 1.807) is 28.8 Å². The summed E-state index contributed by atoms with van der Waals surface area (Å²) in [4.78, 5) is 19.6. The number of halogens is 1. The molecule has 2 aromatic carbocycles. The number of phenolic OH excluding ortho intramolecular Hbond substituents is 2. The number of imidazole rings is 1. The zero-order valence-electron chi connectivity index (χ0n) is 16.1. The van der Waals surface area contributed by atoms with Crippen molar-refractivity contribution in [2.24, 2.45) is 4.99 Å². The monoisotopic (exact) mass is 482 g/mol. The average Bonchev–Trinajstić information content (AvgIpc) is 3.11. The number of aliphatic imine (C=N–C) groups is 1. The molecule has 2 heterocycles. The number of rotatable bonds is 5. The summed E-state index contributed by atoms with van der Waals surface area (Å²) in [5, 5.41) is 31.1. The highest BCUT2D eigenvalue weighted by Crippen LogP contribution is 2.36. The average molecular weight is 483 g/mol. The number of phenols is 2. The Morgan fingerprint density at radius 3 is 2.68 bits per heavy atom. The van der Waals surface area contributed by atoms with Crippen LogP contribution in [-0.4, -0.2) is 37.8 Å². The summed E-state index contributed by atoms with van der Waals surface area (Å²) in [6.45, 7) is 0. The molecule has 0 amide bonds. The van der Waals surface area contributed by atoms with Crippen molar-refractivity contribution in [1.29, 1.82) is 0 Å². The van der Waals surface area contributed by atoms with Gasteiger partial charge in [-0.05, 0) is 52.3 Å². The van der Waals surface area contributed by atoms with Gasteiger partial charge in [0.05, 0.1) is 12.0 Å². The van der Waals surface area contributed by atoms with E-state index >= 15 is 0 Å². The molecule has 0 saturated carbocycles. The number of nitro benzene ring substituents is 1. The standard InChI is InChI=1S/C21H15BrN4O5/c1-31-18-9-12(2-5-17(18)28)20-21(25-11-14(22)3-7-19(25)24-20)23-10-13-8-15(26(29)30)4-6-16(13)27/h2-11,27-28H,1H3. The zero-order chi connectivity index (χ0) is 22.1. The molecule has 10 heteroatoms. The van der Waals surface area contributed by atoms with Gasteiger partial charge in [-0.25, -0.2) is 9.98 Å². The van der Waals surface area contributed by atoms with Gasteiger partial charge in [0.15, 0.2) is 17.3 Å². The largest absolute Gasteiger partial charge is 0.507 e. The first kappa shape index (κ1) is 20.4. The van der Waals surface area contributed by atoms with Crippen molar-refractivity contribution in [2.75, 3.05) is 7.11 Å². The number of non-ortho nitro benzene ring substituents is 1. The van der Waals surface area contributed by atoms with Gasteiger partial charge in [-0.15, -0.1) is 0 Å². The number of pyridine rings is 1. The van der Waals surface area contributed by atoms with Gasteiger partial charge in [-0.2, -0.15) is 0 Å². The SMILES string of the molecule is COc1cc(-c2nc3ccc(Br)cn3c2N=Cc2cc([N+](=O)[O-])ccc2O)ccc1O. The number of hydrogen-bond donors (Lipinski definition) is 2. The van der Waals surface area contributed by atoms with Crippen molar-refractivity contribution in [3.05, 3.63) is 74.9 Å². The van der Waals surface area contributed by atoms with Crippen LogP contribution in [0.2, 0.25) is 0 Å². The summed E-state index contributed by atoms with van der Waals surface area (Å²) < 4.78 is 7.73. The third-order valence-electron chi connectivity index (χ3n) is 4.56. The fourth-order valence-electron chi connectivity index (χ4n) is 3.04. The number of aromatic hydroxyl groups is 2. The number of methoxy groups -OCH3 is 1. The van der Waals surface area contributed by atoms with Crippen LogP contribution in [0, 0.1) is 10.1 Å². The molecule has 0 aliphatic heterocycles. The smallest absolute Gasteiger partial charge is 0.270 e. The van der Waals surface area contributed by atoms with Crippen molar-refractivity contribution in [2.45, 2.75) is 0 Å². The predicted octanol–water partition coefficient (Wildman–Crippen LogP) is 4.84. The van der Waals surface area contributed by atoms with Crippen LogP contribution in [0.25, 0.3) is 16.9 Å². The summed E-state index contributed by atoms with van der Waals surface area (Å²) >= 11 is 3.43. The minimum absolute atomic E-state index is 0.00988. The van der Waals surface area contributed by atoms with Gasteiger partial charge >= 0.3 is 0 Å². The maximum Gasteiger partial charge on any atom is 0.270 e. The maximum absolute atomic E-state index is 11.1. The van der Waals surface area contributed by atoms with Gasteiger partial charge in [0.2, 0.25) is 0 Å². The second-order valence-corrected chi connectivity index (χ2v) is 7.42. The molecular formula is C21H15BrN4O5. The van der Waals surface area contributed by atoms with Crippen LogP contribution in [0.4, 0.5) is 11.5 Å². The molecule has 31 heavy (non-hydrogen) atoms. The summed E-state index contributed by atoms with van der Waals surface area (Å²) in [5.74, 6) is 0.554. The highest BCUT2D eigenvalue weighted by atomic mass is 79.9. The van der Waals surface area contributed by atoms with Crippen LogP contribution in [-0.2, 0) is 0 Å². The molecule has 0 radical (unpaired) electrons.